The topological polar surface area (TPSA) is 72.0 Å². The predicted molar refractivity (Wildman–Crippen MR) is 66.4 cm³/mol. The Morgan fingerprint density at radius 1 is 1.21 bits per heavy atom. The van der Waals surface area contributed by atoms with E-state index in [1.54, 1.807) is 19.1 Å². The van der Waals surface area contributed by atoms with Crippen molar-refractivity contribution in [1.29, 1.82) is 5.41 Å². The number of nitrogens with zero attached hydrogens (tertiary/aromatic N) is 1. The fraction of sp³-hybridized carbons (Fsp3) is 0.0769. The molecule has 1 aromatic heterocycles. The first kappa shape index (κ1) is 12.9. The zero-order chi connectivity index (χ0) is 14.0. The average Bonchev–Trinajstić information content (AvgIpc) is 2.33. The molecule has 98 valence electrons. The summed E-state index contributed by atoms with van der Waals surface area (Å²) < 4.78 is 31.2. The Hall–Kier alpha value is -2.50. The second kappa shape index (κ2) is 5.01. The Morgan fingerprint density at radius 3 is 2.58 bits per heavy atom. The van der Waals surface area contributed by atoms with Gasteiger partial charge in [-0.05, 0) is 31.2 Å². The van der Waals surface area contributed by atoms with E-state index in [4.69, 9.17) is 15.9 Å². The number of amidine groups is 1. The van der Waals surface area contributed by atoms with Crippen LogP contribution >= 0.6 is 0 Å². The highest BCUT2D eigenvalue weighted by Crippen LogP contribution is 2.24. The Morgan fingerprint density at radius 2 is 1.95 bits per heavy atom. The largest absolute Gasteiger partial charge is 0.438 e. The third-order valence-electron chi connectivity index (χ3n) is 2.40. The SMILES string of the molecule is Cc1ccc(C(=N)N)c(Oc2ccc(F)c(F)c2)n1. The normalized spacial score (nSPS) is 10.3. The van der Waals surface area contributed by atoms with Crippen LogP contribution in [0.1, 0.15) is 11.3 Å². The van der Waals surface area contributed by atoms with E-state index in [9.17, 15) is 8.78 Å². The second-order valence-electron chi connectivity index (χ2n) is 3.90. The molecule has 0 saturated heterocycles. The van der Waals surface area contributed by atoms with Crippen LogP contribution in [0.3, 0.4) is 0 Å². The first-order chi connectivity index (χ1) is 8.97. The third kappa shape index (κ3) is 2.85. The molecule has 0 aliphatic carbocycles. The van der Waals surface area contributed by atoms with Crippen molar-refractivity contribution in [3.63, 3.8) is 0 Å². The van der Waals surface area contributed by atoms with Crippen molar-refractivity contribution in [2.45, 2.75) is 6.92 Å². The van der Waals surface area contributed by atoms with Gasteiger partial charge in [-0.2, -0.15) is 0 Å². The van der Waals surface area contributed by atoms with Gasteiger partial charge in [-0.3, -0.25) is 5.41 Å². The van der Waals surface area contributed by atoms with Gasteiger partial charge in [-0.25, -0.2) is 13.8 Å². The van der Waals surface area contributed by atoms with Crippen LogP contribution in [0.2, 0.25) is 0 Å². The maximum Gasteiger partial charge on any atom is 0.230 e. The lowest BCUT2D eigenvalue weighted by Crippen LogP contribution is -2.13. The quantitative estimate of drug-likeness (QED) is 0.660. The standard InChI is InChI=1S/C13H11F2N3O/c1-7-2-4-9(12(16)17)13(18-7)19-8-3-5-10(14)11(15)6-8/h2-6H,1H3,(H3,16,17). The van der Waals surface area contributed by atoms with Crippen molar-refractivity contribution < 1.29 is 13.5 Å². The first-order valence-corrected chi connectivity index (χ1v) is 5.42. The molecule has 0 saturated carbocycles. The molecule has 2 aromatic rings. The molecule has 0 atom stereocenters. The maximum atomic E-state index is 13.1. The van der Waals surface area contributed by atoms with Gasteiger partial charge < -0.3 is 10.5 Å². The molecular weight excluding hydrogens is 252 g/mol. The number of nitrogens with two attached hydrogens (primary N) is 1. The van der Waals surface area contributed by atoms with Crippen LogP contribution in [0.25, 0.3) is 0 Å². The molecule has 2 rings (SSSR count). The van der Waals surface area contributed by atoms with Crippen molar-refractivity contribution in [2.24, 2.45) is 5.73 Å². The van der Waals surface area contributed by atoms with Crippen LogP contribution in [0.4, 0.5) is 8.78 Å². The van der Waals surface area contributed by atoms with Gasteiger partial charge in [-0.15, -0.1) is 0 Å². The molecular formula is C13H11F2N3O. The molecule has 1 heterocycles. The number of hydrogen-bond donors (Lipinski definition) is 2. The van der Waals surface area contributed by atoms with E-state index in [0.717, 1.165) is 12.1 Å². The Bertz CT molecular complexity index is 644. The molecule has 1 aromatic carbocycles. The van der Waals surface area contributed by atoms with E-state index in [0.29, 0.717) is 5.69 Å². The summed E-state index contributed by atoms with van der Waals surface area (Å²) in [4.78, 5) is 4.08. The molecule has 0 fully saturated rings. The summed E-state index contributed by atoms with van der Waals surface area (Å²) in [5.74, 6) is -2.03. The lowest BCUT2D eigenvalue weighted by atomic mass is 10.2. The summed E-state index contributed by atoms with van der Waals surface area (Å²) in [6.07, 6.45) is 0. The number of pyridine rings is 1. The number of ether oxygens (including phenoxy) is 1. The number of aryl methyl sites for hydroxylation is 1. The molecule has 0 unspecified atom stereocenters. The Kier molecular flexibility index (Phi) is 3.41. The van der Waals surface area contributed by atoms with Gasteiger partial charge in [0.2, 0.25) is 5.88 Å². The summed E-state index contributed by atoms with van der Waals surface area (Å²) in [5, 5.41) is 7.41. The van der Waals surface area contributed by atoms with E-state index in [-0.39, 0.29) is 23.0 Å². The van der Waals surface area contributed by atoms with Crippen molar-refractivity contribution in [3.8, 4) is 11.6 Å². The van der Waals surface area contributed by atoms with Crippen molar-refractivity contribution >= 4 is 5.84 Å². The third-order valence-corrected chi connectivity index (χ3v) is 2.40. The highest BCUT2D eigenvalue weighted by molar-refractivity contribution is 5.97. The number of rotatable bonds is 3. The number of halogens is 2. The lowest BCUT2D eigenvalue weighted by molar-refractivity contribution is 0.446. The van der Waals surface area contributed by atoms with Gasteiger partial charge >= 0.3 is 0 Å². The molecule has 0 aliphatic heterocycles. The van der Waals surface area contributed by atoms with Crippen LogP contribution in [0.15, 0.2) is 30.3 Å². The number of nitrogen functional groups attached to an aromatic ring is 1. The Balaban J connectivity index is 2.39. The second-order valence-corrected chi connectivity index (χ2v) is 3.90. The van der Waals surface area contributed by atoms with Crippen LogP contribution in [0.5, 0.6) is 11.6 Å². The van der Waals surface area contributed by atoms with Crippen LogP contribution in [0, 0.1) is 24.0 Å². The van der Waals surface area contributed by atoms with Crippen LogP contribution < -0.4 is 10.5 Å². The number of hydrogen-bond acceptors (Lipinski definition) is 3. The summed E-state index contributed by atoms with van der Waals surface area (Å²) in [5.41, 5.74) is 6.34. The molecule has 3 N–H and O–H groups in total. The van der Waals surface area contributed by atoms with E-state index < -0.39 is 11.6 Å². The van der Waals surface area contributed by atoms with Gasteiger partial charge in [0.25, 0.3) is 0 Å². The highest BCUT2D eigenvalue weighted by Gasteiger charge is 2.11. The summed E-state index contributed by atoms with van der Waals surface area (Å²) >= 11 is 0. The molecule has 4 nitrogen and oxygen atoms in total. The van der Waals surface area contributed by atoms with Crippen LogP contribution in [-0.4, -0.2) is 10.8 Å². The van der Waals surface area contributed by atoms with Crippen molar-refractivity contribution in [3.05, 3.63) is 53.2 Å². The minimum Gasteiger partial charge on any atom is -0.438 e. The van der Waals surface area contributed by atoms with E-state index in [1.165, 1.54) is 6.07 Å². The molecule has 0 spiro atoms. The first-order valence-electron chi connectivity index (χ1n) is 5.42. The molecule has 0 aliphatic rings. The van der Waals surface area contributed by atoms with Crippen molar-refractivity contribution in [2.75, 3.05) is 0 Å². The van der Waals surface area contributed by atoms with Gasteiger partial charge in [0.05, 0.1) is 5.56 Å². The molecule has 6 heteroatoms. The van der Waals surface area contributed by atoms with E-state index in [2.05, 4.69) is 4.98 Å². The Labute approximate surface area is 108 Å². The zero-order valence-corrected chi connectivity index (χ0v) is 10.1. The molecule has 19 heavy (non-hydrogen) atoms. The van der Waals surface area contributed by atoms with E-state index >= 15 is 0 Å². The fourth-order valence-corrected chi connectivity index (χ4v) is 1.47. The monoisotopic (exact) mass is 263 g/mol. The van der Waals surface area contributed by atoms with Gasteiger partial charge in [0, 0.05) is 11.8 Å². The number of aromatic nitrogens is 1. The van der Waals surface area contributed by atoms with Crippen LogP contribution in [-0.2, 0) is 0 Å². The number of benzene rings is 1. The average molecular weight is 263 g/mol. The number of nitrogens with one attached hydrogen (secondary N) is 1. The fourth-order valence-electron chi connectivity index (χ4n) is 1.47. The summed E-state index contributed by atoms with van der Waals surface area (Å²) in [7, 11) is 0. The lowest BCUT2D eigenvalue weighted by Gasteiger charge is -2.10. The van der Waals surface area contributed by atoms with E-state index in [1.807, 2.05) is 0 Å². The smallest absolute Gasteiger partial charge is 0.230 e. The molecule has 0 bridgehead atoms. The van der Waals surface area contributed by atoms with Gasteiger partial charge in [0.1, 0.15) is 11.6 Å². The summed E-state index contributed by atoms with van der Waals surface area (Å²) in [6.45, 7) is 1.74. The molecule has 0 radical (unpaired) electrons. The predicted octanol–water partition coefficient (Wildman–Crippen LogP) is 2.74. The zero-order valence-electron chi connectivity index (χ0n) is 10.1. The molecule has 0 amide bonds. The van der Waals surface area contributed by atoms with Gasteiger partial charge in [0.15, 0.2) is 11.6 Å². The highest BCUT2D eigenvalue weighted by atomic mass is 19.2. The maximum absolute atomic E-state index is 13.1. The van der Waals surface area contributed by atoms with Gasteiger partial charge in [-0.1, -0.05) is 0 Å². The van der Waals surface area contributed by atoms with Crippen molar-refractivity contribution in [1.82, 2.24) is 4.98 Å². The minimum absolute atomic E-state index is 0.0820. The minimum atomic E-state index is -1.02. The summed E-state index contributed by atoms with van der Waals surface area (Å²) in [6, 6.07) is 6.39.